The second-order valence-corrected chi connectivity index (χ2v) is 4.63. The largest absolute Gasteiger partial charge is 0.472 e. The Morgan fingerprint density at radius 3 is 2.78 bits per heavy atom. The average Bonchev–Trinajstić information content (AvgIpc) is 2.84. The molecule has 0 radical (unpaired) electrons. The van der Waals surface area contributed by atoms with E-state index in [0.29, 0.717) is 10.6 Å². The first-order chi connectivity index (χ1) is 8.69. The predicted molar refractivity (Wildman–Crippen MR) is 70.0 cm³/mol. The molecule has 1 aromatic heterocycles. The minimum atomic E-state index is 0.584. The topological polar surface area (TPSA) is 40.2 Å². The summed E-state index contributed by atoms with van der Waals surface area (Å²) in [6.07, 6.45) is 3.40. The highest BCUT2D eigenvalue weighted by atomic mass is 35.5. The lowest BCUT2D eigenvalue weighted by atomic mass is 10.1. The molecule has 0 spiro atoms. The zero-order valence-electron chi connectivity index (χ0n) is 10.1. The second kappa shape index (κ2) is 5.72. The van der Waals surface area contributed by atoms with E-state index in [1.807, 2.05) is 19.2 Å². The average molecular weight is 261 g/mol. The Bertz CT molecular complexity index is 558. The van der Waals surface area contributed by atoms with Crippen LogP contribution in [0.25, 0.3) is 0 Å². The van der Waals surface area contributed by atoms with Crippen LogP contribution in [0.2, 0.25) is 5.02 Å². The number of furan rings is 1. The summed E-state index contributed by atoms with van der Waals surface area (Å²) in [5.74, 6) is 0. The van der Waals surface area contributed by atoms with Gasteiger partial charge in [0.2, 0.25) is 0 Å². The summed E-state index contributed by atoms with van der Waals surface area (Å²) in [6.45, 7) is 1.53. The summed E-state index contributed by atoms with van der Waals surface area (Å²) >= 11 is 6.14. The van der Waals surface area contributed by atoms with E-state index in [9.17, 15) is 0 Å². The van der Waals surface area contributed by atoms with Crippen molar-refractivity contribution in [2.24, 2.45) is 0 Å². The van der Waals surface area contributed by atoms with Crippen molar-refractivity contribution >= 4 is 11.6 Å². The third-order valence-electron chi connectivity index (χ3n) is 2.66. The molecule has 0 saturated heterocycles. The van der Waals surface area contributed by atoms with E-state index >= 15 is 0 Å². The van der Waals surface area contributed by atoms with Gasteiger partial charge in [-0.3, -0.25) is 4.90 Å². The predicted octanol–water partition coefficient (Wildman–Crippen LogP) is 3.44. The van der Waals surface area contributed by atoms with Crippen LogP contribution >= 0.6 is 11.6 Å². The van der Waals surface area contributed by atoms with Crippen LogP contribution in [0.15, 0.2) is 41.2 Å². The molecule has 0 aliphatic carbocycles. The van der Waals surface area contributed by atoms with E-state index in [4.69, 9.17) is 21.3 Å². The van der Waals surface area contributed by atoms with Crippen molar-refractivity contribution in [1.82, 2.24) is 4.90 Å². The van der Waals surface area contributed by atoms with E-state index in [1.54, 1.807) is 24.7 Å². The standard InChI is InChI=1S/C14H13ClN2O/c1-17(8-12-4-5-18-10-12)9-13-3-2-11(7-16)6-14(13)15/h2-6,10H,8-9H2,1H3. The van der Waals surface area contributed by atoms with Crippen molar-refractivity contribution in [3.63, 3.8) is 0 Å². The zero-order chi connectivity index (χ0) is 13.0. The molecule has 3 nitrogen and oxygen atoms in total. The maximum absolute atomic E-state index is 8.78. The van der Waals surface area contributed by atoms with Gasteiger partial charge in [0.1, 0.15) is 0 Å². The summed E-state index contributed by atoms with van der Waals surface area (Å²) < 4.78 is 5.03. The molecule has 0 unspecified atom stereocenters. The van der Waals surface area contributed by atoms with Gasteiger partial charge in [-0.2, -0.15) is 5.26 Å². The molecule has 2 aromatic rings. The third kappa shape index (κ3) is 3.13. The maximum atomic E-state index is 8.78. The first-order valence-electron chi connectivity index (χ1n) is 5.57. The van der Waals surface area contributed by atoms with Crippen molar-refractivity contribution < 1.29 is 4.42 Å². The number of nitriles is 1. The fourth-order valence-electron chi connectivity index (χ4n) is 1.79. The van der Waals surface area contributed by atoms with E-state index in [-0.39, 0.29) is 0 Å². The first kappa shape index (κ1) is 12.7. The molecule has 0 N–H and O–H groups in total. The molecule has 4 heteroatoms. The third-order valence-corrected chi connectivity index (χ3v) is 3.01. The van der Waals surface area contributed by atoms with Gasteiger partial charge >= 0.3 is 0 Å². The molecule has 0 aliphatic rings. The molecule has 1 heterocycles. The van der Waals surface area contributed by atoms with Crippen LogP contribution < -0.4 is 0 Å². The highest BCUT2D eigenvalue weighted by Crippen LogP contribution is 2.19. The van der Waals surface area contributed by atoms with Crippen LogP contribution in [0.3, 0.4) is 0 Å². The smallest absolute Gasteiger partial charge is 0.0992 e. The van der Waals surface area contributed by atoms with Crippen LogP contribution in [0, 0.1) is 11.3 Å². The van der Waals surface area contributed by atoms with Crippen molar-refractivity contribution in [1.29, 1.82) is 5.26 Å². The van der Waals surface area contributed by atoms with Crippen LogP contribution in [0.4, 0.5) is 0 Å². The Morgan fingerprint density at radius 1 is 1.33 bits per heavy atom. The van der Waals surface area contributed by atoms with E-state index in [1.165, 1.54) is 0 Å². The number of halogens is 1. The van der Waals surface area contributed by atoms with Gasteiger partial charge in [0.05, 0.1) is 24.2 Å². The molecule has 1 aromatic carbocycles. The summed E-state index contributed by atoms with van der Waals surface area (Å²) in [5, 5.41) is 9.41. The monoisotopic (exact) mass is 260 g/mol. The highest BCUT2D eigenvalue weighted by molar-refractivity contribution is 6.31. The quantitative estimate of drug-likeness (QED) is 0.845. The molecule has 0 saturated carbocycles. The van der Waals surface area contributed by atoms with Gasteiger partial charge in [0.15, 0.2) is 0 Å². The van der Waals surface area contributed by atoms with Gasteiger partial charge in [0.25, 0.3) is 0 Å². The number of hydrogen-bond acceptors (Lipinski definition) is 3. The highest BCUT2D eigenvalue weighted by Gasteiger charge is 2.06. The number of hydrogen-bond donors (Lipinski definition) is 0. The maximum Gasteiger partial charge on any atom is 0.0992 e. The fourth-order valence-corrected chi connectivity index (χ4v) is 2.03. The Labute approximate surface area is 111 Å². The molecular formula is C14H13ClN2O. The Balaban J connectivity index is 2.03. The van der Waals surface area contributed by atoms with E-state index < -0.39 is 0 Å². The normalized spacial score (nSPS) is 10.6. The molecular weight excluding hydrogens is 248 g/mol. The SMILES string of the molecule is CN(Cc1ccoc1)Cc1ccc(C#N)cc1Cl. The van der Waals surface area contributed by atoms with Gasteiger partial charge in [0, 0.05) is 23.7 Å². The molecule has 18 heavy (non-hydrogen) atoms. The van der Waals surface area contributed by atoms with Gasteiger partial charge < -0.3 is 4.42 Å². The Morgan fingerprint density at radius 2 is 2.17 bits per heavy atom. The minimum Gasteiger partial charge on any atom is -0.472 e. The number of benzene rings is 1. The van der Waals surface area contributed by atoms with Gasteiger partial charge in [-0.15, -0.1) is 0 Å². The van der Waals surface area contributed by atoms with Crippen LogP contribution in [0.5, 0.6) is 0 Å². The zero-order valence-corrected chi connectivity index (χ0v) is 10.8. The lowest BCUT2D eigenvalue weighted by molar-refractivity contribution is 0.318. The minimum absolute atomic E-state index is 0.584. The molecule has 0 fully saturated rings. The molecule has 2 rings (SSSR count). The van der Waals surface area contributed by atoms with Crippen molar-refractivity contribution in [3.05, 3.63) is 58.5 Å². The first-order valence-corrected chi connectivity index (χ1v) is 5.95. The van der Waals surface area contributed by atoms with Crippen molar-refractivity contribution in [2.75, 3.05) is 7.05 Å². The lowest BCUT2D eigenvalue weighted by Crippen LogP contribution is -2.17. The Hall–Kier alpha value is -1.76. The number of rotatable bonds is 4. The molecule has 0 amide bonds. The molecule has 0 aliphatic heterocycles. The van der Waals surface area contributed by atoms with Gasteiger partial charge in [-0.1, -0.05) is 17.7 Å². The lowest BCUT2D eigenvalue weighted by Gasteiger charge is -2.16. The van der Waals surface area contributed by atoms with Gasteiger partial charge in [-0.25, -0.2) is 0 Å². The van der Waals surface area contributed by atoms with Gasteiger partial charge in [-0.05, 0) is 30.8 Å². The molecule has 92 valence electrons. The van der Waals surface area contributed by atoms with Crippen LogP contribution in [-0.4, -0.2) is 11.9 Å². The summed E-state index contributed by atoms with van der Waals surface area (Å²) in [5.41, 5.74) is 2.73. The molecule has 0 bridgehead atoms. The van der Waals surface area contributed by atoms with E-state index in [0.717, 1.165) is 24.2 Å². The Kier molecular flexibility index (Phi) is 4.03. The van der Waals surface area contributed by atoms with Crippen LogP contribution in [-0.2, 0) is 13.1 Å². The van der Waals surface area contributed by atoms with Crippen molar-refractivity contribution in [2.45, 2.75) is 13.1 Å². The number of nitrogens with zero attached hydrogens (tertiary/aromatic N) is 2. The molecule has 0 atom stereocenters. The van der Waals surface area contributed by atoms with E-state index in [2.05, 4.69) is 11.0 Å². The van der Waals surface area contributed by atoms with Crippen LogP contribution in [0.1, 0.15) is 16.7 Å². The summed E-state index contributed by atoms with van der Waals surface area (Å²) in [4.78, 5) is 2.14. The fraction of sp³-hybridized carbons (Fsp3) is 0.214. The van der Waals surface area contributed by atoms with Crippen molar-refractivity contribution in [3.8, 4) is 6.07 Å². The second-order valence-electron chi connectivity index (χ2n) is 4.22. The summed E-state index contributed by atoms with van der Waals surface area (Å²) in [6, 6.07) is 9.39. The summed E-state index contributed by atoms with van der Waals surface area (Å²) in [7, 11) is 2.02.